The molecule has 2 saturated heterocycles. The molecular formula is C32H43N9O13P2S. The van der Waals surface area contributed by atoms with Gasteiger partial charge in [0.05, 0.1) is 43.9 Å². The smallest absolute Gasteiger partial charge is 0.454 e. The number of esters is 1. The molecule has 57 heavy (non-hydrogen) atoms. The van der Waals surface area contributed by atoms with E-state index in [0.29, 0.717) is 34.8 Å². The summed E-state index contributed by atoms with van der Waals surface area (Å²) in [6.07, 6.45) is -2.85. The second kappa shape index (κ2) is 14.7. The summed E-state index contributed by atoms with van der Waals surface area (Å²) in [7, 11) is -3.16. The first-order valence-electron chi connectivity index (χ1n) is 18.1. The first-order valence-corrected chi connectivity index (χ1v) is 22.7. The minimum Gasteiger partial charge on any atom is -0.454 e. The van der Waals surface area contributed by atoms with Crippen LogP contribution in [0.3, 0.4) is 0 Å². The lowest BCUT2D eigenvalue weighted by Gasteiger charge is -2.32. The quantitative estimate of drug-likeness (QED) is 0.130. The normalized spacial score (nSPS) is 35.6. The van der Waals surface area contributed by atoms with Crippen LogP contribution in [-0.4, -0.2) is 114 Å². The van der Waals surface area contributed by atoms with Gasteiger partial charge < -0.3 is 34.6 Å². The van der Waals surface area contributed by atoms with Crippen LogP contribution in [0.15, 0.2) is 23.8 Å². The van der Waals surface area contributed by atoms with Crippen LogP contribution in [0.4, 0.5) is 5.82 Å². The number of H-pyrrole nitrogens is 1. The van der Waals surface area contributed by atoms with Gasteiger partial charge in [-0.25, -0.2) is 34.0 Å². The average Bonchev–Trinajstić information content (AvgIpc) is 3.44. The largest absolute Gasteiger partial charge is 0.475 e. The summed E-state index contributed by atoms with van der Waals surface area (Å²) in [6.45, 7) is 2.90. The van der Waals surface area contributed by atoms with Crippen molar-refractivity contribution in [1.29, 1.82) is 0 Å². The van der Waals surface area contributed by atoms with Gasteiger partial charge in [0.25, 0.3) is 5.56 Å². The minimum absolute atomic E-state index is 0.00782. The molecule has 4 fully saturated rings. The van der Waals surface area contributed by atoms with E-state index in [1.54, 1.807) is 39.2 Å². The van der Waals surface area contributed by atoms with Crippen molar-refractivity contribution < 1.29 is 55.9 Å². The fraction of sp³-hybridized carbons (Fsp3) is 0.656. The van der Waals surface area contributed by atoms with E-state index in [4.69, 9.17) is 42.6 Å². The maximum atomic E-state index is 15.0. The molecule has 0 amide bonds. The van der Waals surface area contributed by atoms with Crippen molar-refractivity contribution in [3.63, 3.8) is 0 Å². The van der Waals surface area contributed by atoms with Gasteiger partial charge in [-0.2, -0.15) is 0 Å². The second-order valence-corrected chi connectivity index (χ2v) is 20.9. The van der Waals surface area contributed by atoms with E-state index in [9.17, 15) is 23.8 Å². The number of methoxy groups -OCH3 is 1. The molecule has 8 rings (SSSR count). The van der Waals surface area contributed by atoms with Gasteiger partial charge in [-0.05, 0) is 47.0 Å². The Labute approximate surface area is 328 Å². The number of nitrogen functional groups attached to an aromatic ring is 1. The number of phosphoric ester groups is 1. The number of anilines is 1. The molecule has 4 aliphatic rings. The number of hydrogen-bond acceptors (Lipinski definition) is 20. The maximum absolute atomic E-state index is 15.0. The van der Waals surface area contributed by atoms with E-state index >= 15 is 0 Å². The topological polar surface area (TPSA) is 278 Å². The number of aromatic nitrogens is 8. The van der Waals surface area contributed by atoms with Crippen molar-refractivity contribution >= 4 is 60.1 Å². The third kappa shape index (κ3) is 7.13. The molecule has 0 radical (unpaired) electrons. The molecule has 2 bridgehead atoms. The summed E-state index contributed by atoms with van der Waals surface area (Å²) in [6, 6.07) is -0.759. The number of nitrogens with one attached hydrogen (secondary N) is 1. The zero-order valence-electron chi connectivity index (χ0n) is 31.7. The van der Waals surface area contributed by atoms with E-state index < -0.39 is 98.2 Å². The Bertz CT molecular complexity index is 2350. The lowest BCUT2D eigenvalue weighted by molar-refractivity contribution is -0.150. The Morgan fingerprint density at radius 1 is 1.12 bits per heavy atom. The molecule has 2 saturated carbocycles. The third-order valence-electron chi connectivity index (χ3n) is 10.6. The highest BCUT2D eigenvalue weighted by atomic mass is 32.7. The van der Waals surface area contributed by atoms with Crippen molar-refractivity contribution in [2.75, 3.05) is 38.6 Å². The molecular weight excluding hydrogens is 812 g/mol. The van der Waals surface area contributed by atoms with E-state index in [2.05, 4.69) is 29.9 Å². The zero-order chi connectivity index (χ0) is 40.7. The van der Waals surface area contributed by atoms with Gasteiger partial charge >= 0.3 is 20.6 Å². The van der Waals surface area contributed by atoms with Crippen LogP contribution in [0, 0.1) is 23.7 Å². The zero-order valence-corrected chi connectivity index (χ0v) is 34.3. The molecule has 1 spiro atoms. The number of hydrogen-bond donors (Lipinski definition) is 3. The number of carbonyl (C=O) groups is 1. The Hall–Kier alpha value is -3.34. The first-order chi connectivity index (χ1) is 27.0. The predicted molar refractivity (Wildman–Crippen MR) is 199 cm³/mol. The van der Waals surface area contributed by atoms with Gasteiger partial charge in [-0.3, -0.25) is 36.8 Å². The average molecular weight is 856 g/mol. The van der Waals surface area contributed by atoms with E-state index in [1.807, 2.05) is 0 Å². The standard InChI is InChI=1S/C32H43N9O13P2S/c1-7-49-55(45)51-10-32-8-16(32)20(40-12-36-18-25(33)34-11-35-26(18)40)21(42)24(32)54-56(46,57-14-48-30(44)31(3,4)5)50-9-17-22(47-6)23(53-55)29(52-17)41-13-37-19-27(41)38-15(2)39-28(19)43/h11-13,16-17,20-24,29,42H,7-10,14H2,1-6H3,(H2,33,34,35)(H,38,39,43)/t16-,17-,20-,21+,22-,23-,24+,29-,32-,55+,56-/m1/s1. The minimum atomic E-state index is -4.53. The lowest BCUT2D eigenvalue weighted by atomic mass is 9.98. The van der Waals surface area contributed by atoms with Gasteiger partial charge in [-0.1, -0.05) is 0 Å². The molecule has 2 aliphatic carbocycles. The Morgan fingerprint density at radius 3 is 2.61 bits per heavy atom. The van der Waals surface area contributed by atoms with Crippen LogP contribution in [0.5, 0.6) is 0 Å². The summed E-state index contributed by atoms with van der Waals surface area (Å²) in [5.74, 6) is -0.976. The molecule has 22 nitrogen and oxygen atoms in total. The number of imidazole rings is 2. The summed E-state index contributed by atoms with van der Waals surface area (Å²) in [4.78, 5) is 49.5. The molecule has 4 N–H and O–H groups in total. The monoisotopic (exact) mass is 855 g/mol. The third-order valence-corrected chi connectivity index (χ3v) is 15.4. The number of aliphatic hydroxyl groups excluding tert-OH is 1. The molecule has 0 unspecified atom stereocenters. The predicted octanol–water partition coefficient (Wildman–Crippen LogP) is 3.03. The number of aryl methyl sites for hydroxylation is 1. The van der Waals surface area contributed by atoms with Crippen molar-refractivity contribution in [3.05, 3.63) is 35.2 Å². The fourth-order valence-corrected chi connectivity index (χ4v) is 12.1. The highest BCUT2D eigenvalue weighted by Gasteiger charge is 2.74. The van der Waals surface area contributed by atoms with Crippen LogP contribution >= 0.6 is 26.0 Å². The van der Waals surface area contributed by atoms with Crippen LogP contribution in [0.25, 0.3) is 22.3 Å². The number of aliphatic hydroxyl groups is 1. The van der Waals surface area contributed by atoms with Gasteiger partial charge in [0.15, 0.2) is 28.9 Å². The van der Waals surface area contributed by atoms with Crippen molar-refractivity contribution in [3.8, 4) is 0 Å². The second-order valence-electron chi connectivity index (χ2n) is 15.3. The Morgan fingerprint density at radius 2 is 1.88 bits per heavy atom. The van der Waals surface area contributed by atoms with Crippen LogP contribution < -0.4 is 11.3 Å². The molecule has 11 atom stereocenters. The summed E-state index contributed by atoms with van der Waals surface area (Å²) >= 11 is 0.607. The molecule has 310 valence electrons. The Balaban J connectivity index is 1.19. The summed E-state index contributed by atoms with van der Waals surface area (Å²) < 4.78 is 81.2. The van der Waals surface area contributed by atoms with Gasteiger partial charge in [0.2, 0.25) is 0 Å². The fourth-order valence-electron chi connectivity index (χ4n) is 7.81. The molecule has 0 aromatic carbocycles. The summed E-state index contributed by atoms with van der Waals surface area (Å²) in [5, 5.41) is 12.1. The number of nitrogens with two attached hydrogens (primary N) is 1. The van der Waals surface area contributed by atoms with Crippen LogP contribution in [-0.2, 0) is 50.8 Å². The number of nitrogens with zero attached hydrogens (tertiary/aromatic N) is 7. The first kappa shape index (κ1) is 40.4. The number of rotatable bonds is 8. The maximum Gasteiger partial charge on any atom is 0.475 e. The number of fused-ring (bicyclic) bond motifs is 4. The number of carbonyl (C=O) groups excluding carboxylic acids is 1. The van der Waals surface area contributed by atoms with Gasteiger partial charge in [0.1, 0.15) is 54.1 Å². The number of ether oxygens (including phenoxy) is 3. The molecule has 25 heteroatoms. The van der Waals surface area contributed by atoms with Crippen molar-refractivity contribution in [1.82, 2.24) is 39.0 Å². The van der Waals surface area contributed by atoms with Gasteiger partial charge in [0, 0.05) is 23.9 Å². The molecule has 4 aromatic rings. The number of aromatic amines is 1. The van der Waals surface area contributed by atoms with Crippen molar-refractivity contribution in [2.24, 2.45) is 16.7 Å². The molecule has 4 aromatic heterocycles. The highest BCUT2D eigenvalue weighted by Crippen LogP contribution is 2.74. The highest BCUT2D eigenvalue weighted by molar-refractivity contribution is 8.55. The van der Waals surface area contributed by atoms with E-state index in [1.165, 1.54) is 30.7 Å². The SMILES string of the molecule is CCO[P@@]1(=O)OC[C@]23C[C@@H]2[C@@H](n2cnc4c(N)ncnc42)[C@H](O)[C@@H]3O[P@](=O)(SCOC(=O)C(C)(C)C)OC[C@H]2O[C@@H](n3cnc4c(=O)[nH]c(C)nc43)[C@H](O1)[C@@H]2OC. The van der Waals surface area contributed by atoms with Gasteiger partial charge in [-0.15, -0.1) is 0 Å². The molecule has 2 aliphatic heterocycles. The van der Waals surface area contributed by atoms with E-state index in [0.717, 1.165) is 0 Å². The van der Waals surface area contributed by atoms with E-state index in [-0.39, 0.29) is 30.2 Å². The summed E-state index contributed by atoms with van der Waals surface area (Å²) in [5.41, 5.74) is 4.40. The van der Waals surface area contributed by atoms with Crippen molar-refractivity contribution in [2.45, 2.75) is 83.8 Å². The lowest BCUT2D eigenvalue weighted by Crippen LogP contribution is -2.38. The molecule has 6 heterocycles. The Kier molecular flexibility index (Phi) is 10.5. The number of phosphoric acid groups is 1. The van der Waals surface area contributed by atoms with Crippen LogP contribution in [0.1, 0.15) is 52.2 Å². The van der Waals surface area contributed by atoms with Crippen LogP contribution in [0.2, 0.25) is 0 Å².